The Morgan fingerprint density at radius 3 is 2.41 bits per heavy atom. The van der Waals surface area contributed by atoms with Gasteiger partial charge in [0.1, 0.15) is 5.69 Å². The highest BCUT2D eigenvalue weighted by molar-refractivity contribution is 9.11. The maximum absolute atomic E-state index is 13.3. The van der Waals surface area contributed by atoms with Crippen molar-refractivity contribution in [2.45, 2.75) is 6.18 Å². The Morgan fingerprint density at radius 1 is 1.09 bits per heavy atom. The average Bonchev–Trinajstić information content (AvgIpc) is 3.20. The maximum atomic E-state index is 13.3. The fourth-order valence-electron chi connectivity index (χ4n) is 2.62. The first-order chi connectivity index (χ1) is 15.9. The van der Waals surface area contributed by atoms with E-state index >= 15 is 0 Å². The molecule has 0 radical (unpaired) electrons. The Balaban J connectivity index is 2.07. The van der Waals surface area contributed by atoms with Crippen LogP contribution in [0, 0.1) is 0 Å². The summed E-state index contributed by atoms with van der Waals surface area (Å²) in [6.45, 7) is 0. The summed E-state index contributed by atoms with van der Waals surface area (Å²) in [4.78, 5) is 40.4. The van der Waals surface area contributed by atoms with Gasteiger partial charge in [-0.1, -0.05) is 27.5 Å². The molecule has 0 saturated heterocycles. The summed E-state index contributed by atoms with van der Waals surface area (Å²) < 4.78 is 41.3. The van der Waals surface area contributed by atoms with E-state index in [2.05, 4.69) is 47.3 Å². The van der Waals surface area contributed by atoms with E-state index in [1.54, 1.807) is 0 Å². The summed E-state index contributed by atoms with van der Waals surface area (Å²) in [6.07, 6.45) is -3.61. The quantitative estimate of drug-likeness (QED) is 0.324. The number of pyridine rings is 1. The molecule has 34 heavy (non-hydrogen) atoms. The number of hydrazine groups is 1. The molecule has 3 aromatic rings. The van der Waals surface area contributed by atoms with E-state index in [0.717, 1.165) is 0 Å². The molecule has 0 saturated carbocycles. The van der Waals surface area contributed by atoms with Crippen molar-refractivity contribution in [3.63, 3.8) is 0 Å². The highest BCUT2D eigenvalue weighted by Crippen LogP contribution is 2.33. The third-order valence-electron chi connectivity index (χ3n) is 4.01. The van der Waals surface area contributed by atoms with Crippen LogP contribution in [0.5, 0.6) is 0 Å². The van der Waals surface area contributed by atoms with Crippen LogP contribution in [0.4, 0.5) is 23.7 Å². The predicted octanol–water partition coefficient (Wildman–Crippen LogP) is 4.03. The minimum absolute atomic E-state index is 0.0595. The topological polar surface area (TPSA) is 144 Å². The van der Waals surface area contributed by atoms with E-state index < -0.39 is 35.4 Å². The van der Waals surface area contributed by atoms with Crippen LogP contribution in [0.15, 0.2) is 45.5 Å². The number of rotatable bonds is 4. The lowest BCUT2D eigenvalue weighted by atomic mass is 10.1. The predicted molar refractivity (Wildman–Crippen MR) is 121 cm³/mol. The number of amides is 4. The molecule has 4 amide bonds. The van der Waals surface area contributed by atoms with E-state index in [9.17, 15) is 27.6 Å². The molecule has 0 aliphatic carbocycles. The molecule has 3 rings (SSSR count). The SMILES string of the molecule is NC(=O)NNC(=O)c1cc(Br)cc(Br)c1NC(=O)c1cc(C(F)(F)F)nn1-c1ncccc1Cl. The van der Waals surface area contributed by atoms with Crippen LogP contribution in [-0.2, 0) is 6.18 Å². The summed E-state index contributed by atoms with van der Waals surface area (Å²) in [7, 11) is 0. The van der Waals surface area contributed by atoms with Gasteiger partial charge in [0.05, 0.1) is 16.3 Å². The number of primary amides is 1. The van der Waals surface area contributed by atoms with E-state index in [4.69, 9.17) is 17.3 Å². The van der Waals surface area contributed by atoms with Crippen molar-refractivity contribution in [3.05, 3.63) is 67.4 Å². The van der Waals surface area contributed by atoms with Crippen molar-refractivity contribution in [1.82, 2.24) is 25.6 Å². The second kappa shape index (κ2) is 9.99. The number of hydrogen-bond acceptors (Lipinski definition) is 5. The first-order valence-electron chi connectivity index (χ1n) is 8.82. The lowest BCUT2D eigenvalue weighted by Gasteiger charge is -2.14. The number of benzene rings is 1. The van der Waals surface area contributed by atoms with Gasteiger partial charge in [-0.15, -0.1) is 0 Å². The highest BCUT2D eigenvalue weighted by Gasteiger charge is 2.37. The number of anilines is 1. The normalized spacial score (nSPS) is 11.1. The number of carbonyl (C=O) groups is 3. The zero-order valence-corrected chi connectivity index (χ0v) is 20.3. The zero-order valence-electron chi connectivity index (χ0n) is 16.4. The standard InChI is InChI=1S/C18H11Br2ClF3N7O3/c19-7-4-8(15(32)28-29-17(25)34)13(9(20)5-7)27-16(33)11-6-12(18(22,23)24)30-31(11)14-10(21)2-1-3-26-14/h1-6H,(H,27,33)(H,28,32)(H3,25,29,34). The fourth-order valence-corrected chi connectivity index (χ4v) is 4.14. The number of nitrogens with zero attached hydrogens (tertiary/aromatic N) is 3. The number of hydrogen-bond donors (Lipinski definition) is 4. The minimum Gasteiger partial charge on any atom is -0.350 e. The van der Waals surface area contributed by atoms with Crippen molar-refractivity contribution in [2.75, 3.05) is 5.32 Å². The van der Waals surface area contributed by atoms with Gasteiger partial charge in [-0.3, -0.25) is 15.0 Å². The lowest BCUT2D eigenvalue weighted by molar-refractivity contribution is -0.141. The molecule has 0 bridgehead atoms. The number of nitrogens with one attached hydrogen (secondary N) is 3. The Morgan fingerprint density at radius 2 is 1.79 bits per heavy atom. The molecule has 16 heteroatoms. The third-order valence-corrected chi connectivity index (χ3v) is 5.39. The molecule has 0 aliphatic heterocycles. The Hall–Kier alpha value is -3.17. The molecular weight excluding hydrogens is 614 g/mol. The van der Waals surface area contributed by atoms with Gasteiger partial charge >= 0.3 is 12.2 Å². The number of halogens is 6. The number of urea groups is 1. The van der Waals surface area contributed by atoms with E-state index in [1.165, 1.54) is 30.5 Å². The molecule has 1 aromatic carbocycles. The number of aromatic nitrogens is 3. The Labute approximate surface area is 210 Å². The molecule has 0 unspecified atom stereocenters. The zero-order chi connectivity index (χ0) is 25.2. The monoisotopic (exact) mass is 623 g/mol. The second-order valence-corrected chi connectivity index (χ2v) is 8.52. The Kier molecular flexibility index (Phi) is 7.48. The molecule has 2 aromatic heterocycles. The van der Waals surface area contributed by atoms with Crippen LogP contribution in [0.25, 0.3) is 5.82 Å². The van der Waals surface area contributed by atoms with Gasteiger partial charge in [0.15, 0.2) is 11.5 Å². The van der Waals surface area contributed by atoms with E-state index in [1.807, 2.05) is 10.9 Å². The van der Waals surface area contributed by atoms with Gasteiger partial charge < -0.3 is 11.1 Å². The molecule has 178 valence electrons. The summed E-state index contributed by atoms with van der Waals surface area (Å²) >= 11 is 12.4. The molecule has 0 aliphatic rings. The van der Waals surface area contributed by atoms with Gasteiger partial charge in [0, 0.05) is 21.2 Å². The van der Waals surface area contributed by atoms with Crippen molar-refractivity contribution < 1.29 is 27.6 Å². The van der Waals surface area contributed by atoms with Gasteiger partial charge in [-0.05, 0) is 40.2 Å². The van der Waals surface area contributed by atoms with Crippen molar-refractivity contribution in [1.29, 1.82) is 0 Å². The second-order valence-electron chi connectivity index (χ2n) is 6.34. The number of nitrogens with two attached hydrogens (primary N) is 1. The number of carbonyl (C=O) groups excluding carboxylic acids is 3. The first-order valence-corrected chi connectivity index (χ1v) is 10.8. The van der Waals surface area contributed by atoms with Crippen LogP contribution in [0.2, 0.25) is 5.02 Å². The molecule has 5 N–H and O–H groups in total. The molecular formula is C18H11Br2ClF3N7O3. The summed E-state index contributed by atoms with van der Waals surface area (Å²) in [5.74, 6) is -2.17. The summed E-state index contributed by atoms with van der Waals surface area (Å²) in [5, 5.41) is 5.76. The Bertz CT molecular complexity index is 1300. The van der Waals surface area contributed by atoms with Gasteiger partial charge in [0.2, 0.25) is 0 Å². The summed E-state index contributed by atoms with van der Waals surface area (Å²) in [5.41, 5.74) is 6.62. The summed E-state index contributed by atoms with van der Waals surface area (Å²) in [6, 6.07) is 5.04. The van der Waals surface area contributed by atoms with Gasteiger partial charge in [0.25, 0.3) is 11.8 Å². The maximum Gasteiger partial charge on any atom is 0.435 e. The van der Waals surface area contributed by atoms with Crippen LogP contribution < -0.4 is 21.9 Å². The van der Waals surface area contributed by atoms with Crippen LogP contribution in [0.3, 0.4) is 0 Å². The molecule has 0 spiro atoms. The number of alkyl halides is 3. The van der Waals surface area contributed by atoms with Crippen molar-refractivity contribution >= 4 is 67.0 Å². The van der Waals surface area contributed by atoms with Crippen molar-refractivity contribution in [2.24, 2.45) is 5.73 Å². The molecule has 10 nitrogen and oxygen atoms in total. The van der Waals surface area contributed by atoms with Crippen molar-refractivity contribution in [3.8, 4) is 5.82 Å². The van der Waals surface area contributed by atoms with E-state index in [0.29, 0.717) is 15.2 Å². The van der Waals surface area contributed by atoms with Crippen LogP contribution in [-0.4, -0.2) is 32.6 Å². The smallest absolute Gasteiger partial charge is 0.350 e. The van der Waals surface area contributed by atoms with E-state index in [-0.39, 0.29) is 26.6 Å². The molecule has 0 fully saturated rings. The minimum atomic E-state index is -4.87. The highest BCUT2D eigenvalue weighted by atomic mass is 79.9. The van der Waals surface area contributed by atoms with Gasteiger partial charge in [-0.25, -0.2) is 19.9 Å². The largest absolute Gasteiger partial charge is 0.435 e. The fraction of sp³-hybridized carbons (Fsp3) is 0.0556. The average molecular weight is 626 g/mol. The van der Waals surface area contributed by atoms with Crippen LogP contribution in [0.1, 0.15) is 26.5 Å². The lowest BCUT2D eigenvalue weighted by Crippen LogP contribution is -2.44. The molecule has 2 heterocycles. The molecule has 0 atom stereocenters. The first kappa shape index (κ1) is 25.5. The van der Waals surface area contributed by atoms with Gasteiger partial charge in [-0.2, -0.15) is 18.3 Å². The third kappa shape index (κ3) is 5.66. The van der Waals surface area contributed by atoms with Crippen LogP contribution >= 0.6 is 43.5 Å².